The molecule has 4 nitrogen and oxygen atoms in total. The van der Waals surface area contributed by atoms with Gasteiger partial charge in [-0.25, -0.2) is 0 Å². The molecule has 1 heterocycles. The fourth-order valence-corrected chi connectivity index (χ4v) is 2.49. The molecule has 1 amide bonds. The van der Waals surface area contributed by atoms with E-state index in [-0.39, 0.29) is 24.2 Å². The lowest BCUT2D eigenvalue weighted by Gasteiger charge is -2.32. The van der Waals surface area contributed by atoms with Crippen molar-refractivity contribution >= 4 is 24.2 Å². The third kappa shape index (κ3) is 2.99. The van der Waals surface area contributed by atoms with Gasteiger partial charge >= 0.3 is 7.12 Å². The Balaban J connectivity index is 2.33. The molecule has 1 aromatic carbocycles. The molecule has 0 bridgehead atoms. The molecule has 0 spiro atoms. The van der Waals surface area contributed by atoms with E-state index in [2.05, 4.69) is 5.32 Å². The van der Waals surface area contributed by atoms with Gasteiger partial charge in [-0.1, -0.05) is 12.1 Å². The molecule has 0 atom stereocenters. The quantitative estimate of drug-likeness (QED) is 0.851. The second-order valence-corrected chi connectivity index (χ2v) is 6.80. The second-order valence-electron chi connectivity index (χ2n) is 6.80. The standard InChI is InChI=1S/C16H24BNO3/c1-10-8-13(9-11(2)14(10)18-12(3)19)17-20-15(4,5)16(6,7)21-17/h8-9H,1-7H3,(H,18,19). The lowest BCUT2D eigenvalue weighted by molar-refractivity contribution is -0.114. The van der Waals surface area contributed by atoms with Gasteiger partial charge < -0.3 is 14.6 Å². The van der Waals surface area contributed by atoms with Crippen LogP contribution < -0.4 is 10.8 Å². The summed E-state index contributed by atoms with van der Waals surface area (Å²) in [5.74, 6) is -0.0652. The van der Waals surface area contributed by atoms with Crippen molar-refractivity contribution < 1.29 is 14.1 Å². The molecular weight excluding hydrogens is 265 g/mol. The smallest absolute Gasteiger partial charge is 0.399 e. The fourth-order valence-electron chi connectivity index (χ4n) is 2.49. The molecule has 0 aromatic heterocycles. The predicted molar refractivity (Wildman–Crippen MR) is 85.9 cm³/mol. The van der Waals surface area contributed by atoms with E-state index in [1.807, 2.05) is 53.7 Å². The monoisotopic (exact) mass is 289 g/mol. The third-order valence-electron chi connectivity index (χ3n) is 4.38. The highest BCUT2D eigenvalue weighted by Gasteiger charge is 2.51. The van der Waals surface area contributed by atoms with Gasteiger partial charge in [0.2, 0.25) is 5.91 Å². The molecule has 1 fully saturated rings. The minimum atomic E-state index is -0.376. The number of benzene rings is 1. The molecule has 1 N–H and O–H groups in total. The molecule has 5 heteroatoms. The number of carbonyl (C=O) groups is 1. The number of carbonyl (C=O) groups excluding carboxylic acids is 1. The Morgan fingerprint density at radius 3 is 1.86 bits per heavy atom. The molecule has 114 valence electrons. The van der Waals surface area contributed by atoms with Crippen molar-refractivity contribution in [2.75, 3.05) is 5.32 Å². The first-order valence-electron chi connectivity index (χ1n) is 7.28. The number of anilines is 1. The molecule has 0 saturated carbocycles. The molecular formula is C16H24BNO3. The predicted octanol–water partition coefficient (Wildman–Crippen LogP) is 2.56. The highest BCUT2D eigenvalue weighted by molar-refractivity contribution is 6.62. The molecule has 1 aliphatic heterocycles. The fraction of sp³-hybridized carbons (Fsp3) is 0.562. The zero-order valence-corrected chi connectivity index (χ0v) is 14.0. The molecule has 21 heavy (non-hydrogen) atoms. The van der Waals surface area contributed by atoms with Crippen LogP contribution >= 0.6 is 0 Å². The number of hydrogen-bond donors (Lipinski definition) is 1. The number of nitrogens with one attached hydrogen (secondary N) is 1. The third-order valence-corrected chi connectivity index (χ3v) is 4.38. The van der Waals surface area contributed by atoms with Crippen LogP contribution in [0.15, 0.2) is 12.1 Å². The summed E-state index contributed by atoms with van der Waals surface area (Å²) in [6.07, 6.45) is 0. The molecule has 0 aliphatic carbocycles. The van der Waals surface area contributed by atoms with Crippen molar-refractivity contribution in [3.63, 3.8) is 0 Å². The Morgan fingerprint density at radius 1 is 1.05 bits per heavy atom. The van der Waals surface area contributed by atoms with Crippen LogP contribution in [0.5, 0.6) is 0 Å². The molecule has 0 unspecified atom stereocenters. The Hall–Kier alpha value is -1.33. The Bertz CT molecular complexity index is 542. The maximum absolute atomic E-state index is 11.3. The maximum atomic E-state index is 11.3. The largest absolute Gasteiger partial charge is 0.494 e. The van der Waals surface area contributed by atoms with E-state index in [0.717, 1.165) is 22.3 Å². The van der Waals surface area contributed by atoms with Gasteiger partial charge in [-0.3, -0.25) is 4.79 Å². The van der Waals surface area contributed by atoms with Crippen molar-refractivity contribution in [1.82, 2.24) is 0 Å². The molecule has 1 saturated heterocycles. The van der Waals surface area contributed by atoms with Gasteiger partial charge in [0.1, 0.15) is 0 Å². The molecule has 1 aromatic rings. The summed E-state index contributed by atoms with van der Waals surface area (Å²) in [4.78, 5) is 11.3. The summed E-state index contributed by atoms with van der Waals surface area (Å²) in [5, 5.41) is 2.87. The van der Waals surface area contributed by atoms with Crippen LogP contribution in [-0.2, 0) is 14.1 Å². The summed E-state index contributed by atoms with van der Waals surface area (Å²) in [5.41, 5.74) is 3.16. The summed E-state index contributed by atoms with van der Waals surface area (Å²) >= 11 is 0. The van der Waals surface area contributed by atoms with Gasteiger partial charge in [-0.15, -0.1) is 0 Å². The first kappa shape index (κ1) is 16.1. The number of rotatable bonds is 2. The number of hydrogen-bond acceptors (Lipinski definition) is 3. The van der Waals surface area contributed by atoms with Crippen LogP contribution in [0.4, 0.5) is 5.69 Å². The van der Waals surface area contributed by atoms with Crippen molar-refractivity contribution in [3.8, 4) is 0 Å². The van der Waals surface area contributed by atoms with Crippen molar-refractivity contribution in [1.29, 1.82) is 0 Å². The lowest BCUT2D eigenvalue weighted by Crippen LogP contribution is -2.41. The van der Waals surface area contributed by atoms with Crippen molar-refractivity contribution in [2.24, 2.45) is 0 Å². The van der Waals surface area contributed by atoms with E-state index < -0.39 is 0 Å². The van der Waals surface area contributed by atoms with Gasteiger partial charge in [-0.05, 0) is 58.1 Å². The average Bonchev–Trinajstić information content (AvgIpc) is 2.53. The topological polar surface area (TPSA) is 47.6 Å². The zero-order chi connectivity index (χ0) is 16.0. The Labute approximate surface area is 127 Å². The summed E-state index contributed by atoms with van der Waals surface area (Å²) in [7, 11) is -0.376. The van der Waals surface area contributed by atoms with Gasteiger partial charge in [0.15, 0.2) is 0 Å². The van der Waals surface area contributed by atoms with E-state index in [0.29, 0.717) is 0 Å². The van der Waals surface area contributed by atoms with E-state index in [1.165, 1.54) is 6.92 Å². The van der Waals surface area contributed by atoms with Gasteiger partial charge in [0.25, 0.3) is 0 Å². The summed E-state index contributed by atoms with van der Waals surface area (Å²) in [6.45, 7) is 13.6. The highest BCUT2D eigenvalue weighted by atomic mass is 16.7. The minimum Gasteiger partial charge on any atom is -0.399 e. The lowest BCUT2D eigenvalue weighted by atomic mass is 9.77. The Kier molecular flexibility index (Phi) is 3.93. The van der Waals surface area contributed by atoms with E-state index in [9.17, 15) is 4.79 Å². The van der Waals surface area contributed by atoms with E-state index >= 15 is 0 Å². The molecule has 0 radical (unpaired) electrons. The SMILES string of the molecule is CC(=O)Nc1c(C)cc(B2OC(C)(C)C(C)(C)O2)cc1C. The first-order valence-corrected chi connectivity index (χ1v) is 7.28. The molecule has 2 rings (SSSR count). The number of amides is 1. The van der Waals surface area contributed by atoms with Crippen LogP contribution in [0, 0.1) is 13.8 Å². The van der Waals surface area contributed by atoms with Crippen LogP contribution in [-0.4, -0.2) is 24.2 Å². The van der Waals surface area contributed by atoms with Crippen molar-refractivity contribution in [3.05, 3.63) is 23.3 Å². The van der Waals surface area contributed by atoms with Gasteiger partial charge in [0, 0.05) is 12.6 Å². The van der Waals surface area contributed by atoms with Crippen LogP contribution in [0.3, 0.4) is 0 Å². The highest BCUT2D eigenvalue weighted by Crippen LogP contribution is 2.36. The van der Waals surface area contributed by atoms with E-state index in [4.69, 9.17) is 9.31 Å². The van der Waals surface area contributed by atoms with Gasteiger partial charge in [0.05, 0.1) is 11.2 Å². The van der Waals surface area contributed by atoms with Crippen LogP contribution in [0.25, 0.3) is 0 Å². The zero-order valence-electron chi connectivity index (χ0n) is 14.0. The average molecular weight is 289 g/mol. The van der Waals surface area contributed by atoms with Gasteiger partial charge in [-0.2, -0.15) is 0 Å². The minimum absolute atomic E-state index is 0.0652. The number of aryl methyl sites for hydroxylation is 2. The van der Waals surface area contributed by atoms with Crippen LogP contribution in [0.2, 0.25) is 0 Å². The van der Waals surface area contributed by atoms with E-state index in [1.54, 1.807) is 0 Å². The summed E-state index contributed by atoms with van der Waals surface area (Å²) < 4.78 is 12.1. The molecule has 1 aliphatic rings. The van der Waals surface area contributed by atoms with Crippen LogP contribution in [0.1, 0.15) is 45.7 Å². The Morgan fingerprint density at radius 2 is 1.48 bits per heavy atom. The second kappa shape index (κ2) is 5.14. The summed E-state index contributed by atoms with van der Waals surface area (Å²) in [6, 6.07) is 4.03. The first-order chi connectivity index (χ1) is 9.53. The normalized spacial score (nSPS) is 19.7. The van der Waals surface area contributed by atoms with Crippen molar-refractivity contribution in [2.45, 2.75) is 59.7 Å². The maximum Gasteiger partial charge on any atom is 0.494 e.